The second kappa shape index (κ2) is 7.37. The van der Waals surface area contributed by atoms with Crippen molar-refractivity contribution in [3.05, 3.63) is 28.5 Å². The standard InChI is InChI=1S/C17H19BrN4O3/c1-25-14(24)6-7-22-13(3-2-8-23)21-15-16(22)11-5-4-10(18)9-12(11)20-17(15)19/h4-5,9,23H,2-3,6-8H2,1H3,(H2,19,20). The zero-order chi connectivity index (χ0) is 18.0. The predicted molar refractivity (Wildman–Crippen MR) is 99.2 cm³/mol. The van der Waals surface area contributed by atoms with E-state index < -0.39 is 0 Å². The molecule has 0 saturated heterocycles. The molecular weight excluding hydrogens is 388 g/mol. The van der Waals surface area contributed by atoms with Crippen molar-refractivity contribution in [2.45, 2.75) is 25.8 Å². The van der Waals surface area contributed by atoms with Gasteiger partial charge >= 0.3 is 5.97 Å². The van der Waals surface area contributed by atoms with E-state index in [4.69, 9.17) is 15.6 Å². The first kappa shape index (κ1) is 17.6. The number of aryl methyl sites for hydroxylation is 2. The molecule has 0 saturated carbocycles. The highest BCUT2D eigenvalue weighted by atomic mass is 79.9. The van der Waals surface area contributed by atoms with Gasteiger partial charge in [0.25, 0.3) is 0 Å². The third-order valence-electron chi connectivity index (χ3n) is 4.07. The number of nitrogens with two attached hydrogens (primary N) is 1. The smallest absolute Gasteiger partial charge is 0.307 e. The SMILES string of the molecule is COC(=O)CCn1c(CCCO)nc2c(N)nc3cc(Br)ccc3c21. The number of hydrogen-bond donors (Lipinski definition) is 2. The molecule has 1 aromatic carbocycles. The lowest BCUT2D eigenvalue weighted by Crippen LogP contribution is -2.10. The molecule has 0 bridgehead atoms. The number of imidazole rings is 1. The molecule has 2 aromatic heterocycles. The van der Waals surface area contributed by atoms with Crippen molar-refractivity contribution in [3.8, 4) is 0 Å². The number of methoxy groups -OCH3 is 1. The predicted octanol–water partition coefficient (Wildman–Crippen LogP) is 2.42. The van der Waals surface area contributed by atoms with E-state index in [0.29, 0.717) is 30.7 Å². The van der Waals surface area contributed by atoms with Crippen molar-refractivity contribution in [2.75, 3.05) is 19.5 Å². The van der Waals surface area contributed by atoms with Crippen molar-refractivity contribution in [1.82, 2.24) is 14.5 Å². The normalized spacial score (nSPS) is 11.3. The van der Waals surface area contributed by atoms with Crippen molar-refractivity contribution in [3.63, 3.8) is 0 Å². The summed E-state index contributed by atoms with van der Waals surface area (Å²) in [6, 6.07) is 5.79. The molecule has 8 heteroatoms. The minimum Gasteiger partial charge on any atom is -0.469 e. The van der Waals surface area contributed by atoms with Gasteiger partial charge in [-0.15, -0.1) is 0 Å². The van der Waals surface area contributed by atoms with Crippen molar-refractivity contribution in [2.24, 2.45) is 0 Å². The highest BCUT2D eigenvalue weighted by molar-refractivity contribution is 9.10. The van der Waals surface area contributed by atoms with E-state index in [0.717, 1.165) is 26.7 Å². The van der Waals surface area contributed by atoms with Gasteiger partial charge in [-0.2, -0.15) is 0 Å². The molecular formula is C17H19BrN4O3. The van der Waals surface area contributed by atoms with Crippen molar-refractivity contribution < 1.29 is 14.6 Å². The van der Waals surface area contributed by atoms with E-state index in [9.17, 15) is 4.79 Å². The summed E-state index contributed by atoms with van der Waals surface area (Å²) >= 11 is 3.45. The first-order valence-electron chi connectivity index (χ1n) is 7.96. The summed E-state index contributed by atoms with van der Waals surface area (Å²) in [5.74, 6) is 0.837. The summed E-state index contributed by atoms with van der Waals surface area (Å²) in [5.41, 5.74) is 8.35. The number of nitrogens with zero attached hydrogens (tertiary/aromatic N) is 3. The largest absolute Gasteiger partial charge is 0.469 e. The van der Waals surface area contributed by atoms with Gasteiger partial charge in [0, 0.05) is 29.4 Å². The third kappa shape index (κ3) is 3.45. The summed E-state index contributed by atoms with van der Waals surface area (Å²) < 4.78 is 7.64. The molecule has 3 aromatic rings. The average molecular weight is 407 g/mol. The number of ether oxygens (including phenoxy) is 1. The second-order valence-corrected chi connectivity index (χ2v) is 6.60. The molecule has 3 rings (SSSR count). The fraction of sp³-hybridized carbons (Fsp3) is 0.353. The number of nitrogen functional groups attached to an aromatic ring is 1. The van der Waals surface area contributed by atoms with Gasteiger partial charge in [0.15, 0.2) is 5.82 Å². The van der Waals surface area contributed by atoms with Crippen LogP contribution < -0.4 is 5.73 Å². The molecule has 0 aliphatic rings. The highest BCUT2D eigenvalue weighted by Crippen LogP contribution is 2.31. The van der Waals surface area contributed by atoms with Gasteiger partial charge in [0.2, 0.25) is 0 Å². The van der Waals surface area contributed by atoms with E-state index in [1.54, 1.807) is 0 Å². The van der Waals surface area contributed by atoms with Crippen LogP contribution in [0.5, 0.6) is 0 Å². The number of aliphatic hydroxyl groups excluding tert-OH is 1. The topological polar surface area (TPSA) is 103 Å². The first-order chi connectivity index (χ1) is 12.0. The Bertz CT molecular complexity index is 939. The number of aliphatic hydroxyl groups is 1. The van der Waals surface area contributed by atoms with Crippen LogP contribution >= 0.6 is 15.9 Å². The van der Waals surface area contributed by atoms with Crippen LogP contribution in [0.1, 0.15) is 18.7 Å². The van der Waals surface area contributed by atoms with Crippen molar-refractivity contribution in [1.29, 1.82) is 0 Å². The number of benzene rings is 1. The molecule has 0 spiro atoms. The lowest BCUT2D eigenvalue weighted by Gasteiger charge is -2.10. The molecule has 0 aliphatic heterocycles. The number of halogens is 1. The van der Waals surface area contributed by atoms with Crippen LogP contribution in [0, 0.1) is 0 Å². The molecule has 0 unspecified atom stereocenters. The lowest BCUT2D eigenvalue weighted by atomic mass is 10.2. The Morgan fingerprint density at radius 3 is 2.92 bits per heavy atom. The maximum absolute atomic E-state index is 11.6. The van der Waals surface area contributed by atoms with Crippen LogP contribution in [0.4, 0.5) is 5.82 Å². The average Bonchev–Trinajstić information content (AvgIpc) is 2.96. The number of carbonyl (C=O) groups excluding carboxylic acids is 1. The Balaban J connectivity index is 2.22. The molecule has 0 radical (unpaired) electrons. The molecule has 132 valence electrons. The summed E-state index contributed by atoms with van der Waals surface area (Å²) in [6.45, 7) is 0.500. The number of pyridine rings is 1. The molecule has 7 nitrogen and oxygen atoms in total. The van der Waals surface area contributed by atoms with Gasteiger partial charge in [-0.05, 0) is 24.6 Å². The Kier molecular flexibility index (Phi) is 5.19. The second-order valence-electron chi connectivity index (χ2n) is 5.69. The Hall–Kier alpha value is -2.19. The van der Waals surface area contributed by atoms with Gasteiger partial charge in [-0.25, -0.2) is 9.97 Å². The third-order valence-corrected chi connectivity index (χ3v) is 4.56. The lowest BCUT2D eigenvalue weighted by molar-refractivity contribution is -0.140. The number of fused-ring (bicyclic) bond motifs is 3. The van der Waals surface area contributed by atoms with E-state index in [2.05, 4.69) is 25.9 Å². The van der Waals surface area contributed by atoms with Crippen LogP contribution in [0.3, 0.4) is 0 Å². The molecule has 0 atom stereocenters. The van der Waals surface area contributed by atoms with Gasteiger partial charge in [-0.1, -0.05) is 15.9 Å². The minimum absolute atomic E-state index is 0.0711. The number of aromatic nitrogens is 3. The maximum atomic E-state index is 11.6. The first-order valence-corrected chi connectivity index (χ1v) is 8.76. The Morgan fingerprint density at radius 1 is 1.40 bits per heavy atom. The zero-order valence-corrected chi connectivity index (χ0v) is 15.4. The number of anilines is 1. The number of esters is 1. The van der Waals surface area contributed by atoms with Gasteiger partial charge in [-0.3, -0.25) is 4.79 Å². The van der Waals surface area contributed by atoms with Crippen LogP contribution in [0.2, 0.25) is 0 Å². The number of carbonyl (C=O) groups is 1. The quantitative estimate of drug-likeness (QED) is 0.609. The minimum atomic E-state index is -0.288. The number of rotatable bonds is 6. The van der Waals surface area contributed by atoms with E-state index in [-0.39, 0.29) is 19.0 Å². The van der Waals surface area contributed by atoms with Crippen LogP contribution in [0.15, 0.2) is 22.7 Å². The highest BCUT2D eigenvalue weighted by Gasteiger charge is 2.18. The van der Waals surface area contributed by atoms with Crippen LogP contribution in [0.25, 0.3) is 21.9 Å². The van der Waals surface area contributed by atoms with Gasteiger partial charge in [0.05, 0.1) is 24.6 Å². The fourth-order valence-electron chi connectivity index (χ4n) is 2.91. The fourth-order valence-corrected chi connectivity index (χ4v) is 3.25. The van der Waals surface area contributed by atoms with E-state index >= 15 is 0 Å². The monoisotopic (exact) mass is 406 g/mol. The molecule has 0 aliphatic carbocycles. The Labute approximate surface area is 152 Å². The van der Waals surface area contributed by atoms with Gasteiger partial charge < -0.3 is 20.1 Å². The summed E-state index contributed by atoms with van der Waals surface area (Å²) in [4.78, 5) is 20.7. The Morgan fingerprint density at radius 2 is 2.20 bits per heavy atom. The molecule has 3 N–H and O–H groups in total. The van der Waals surface area contributed by atoms with Gasteiger partial charge in [0.1, 0.15) is 11.3 Å². The zero-order valence-electron chi connectivity index (χ0n) is 13.8. The van der Waals surface area contributed by atoms with Crippen LogP contribution in [-0.2, 0) is 22.5 Å². The summed E-state index contributed by atoms with van der Waals surface area (Å²) in [7, 11) is 1.37. The maximum Gasteiger partial charge on any atom is 0.307 e. The summed E-state index contributed by atoms with van der Waals surface area (Å²) in [6.07, 6.45) is 1.40. The molecule has 2 heterocycles. The van der Waals surface area contributed by atoms with E-state index in [1.165, 1.54) is 7.11 Å². The van der Waals surface area contributed by atoms with E-state index in [1.807, 2.05) is 22.8 Å². The molecule has 0 fully saturated rings. The number of hydrogen-bond acceptors (Lipinski definition) is 6. The molecule has 0 amide bonds. The molecule has 25 heavy (non-hydrogen) atoms. The summed E-state index contributed by atoms with van der Waals surface area (Å²) in [5, 5.41) is 10.1. The van der Waals surface area contributed by atoms with Crippen molar-refractivity contribution >= 4 is 49.7 Å². The van der Waals surface area contributed by atoms with Crippen LogP contribution in [-0.4, -0.2) is 39.3 Å².